The molecule has 170 valence electrons. The smallest absolute Gasteiger partial charge is 0.343 e. The van der Waals surface area contributed by atoms with E-state index in [1.807, 2.05) is 37.3 Å². The van der Waals surface area contributed by atoms with Gasteiger partial charge in [0.15, 0.2) is 16.6 Å². The van der Waals surface area contributed by atoms with Gasteiger partial charge >= 0.3 is 5.97 Å². The Labute approximate surface area is 198 Å². The van der Waals surface area contributed by atoms with Crippen LogP contribution in [0.25, 0.3) is 0 Å². The number of methoxy groups -OCH3 is 1. The lowest BCUT2D eigenvalue weighted by molar-refractivity contribution is 0.0729. The number of benzene rings is 3. The van der Waals surface area contributed by atoms with Crippen molar-refractivity contribution in [3.8, 4) is 17.2 Å². The molecule has 7 nitrogen and oxygen atoms in total. The highest BCUT2D eigenvalue weighted by atomic mass is 32.1. The second kappa shape index (κ2) is 12.2. The fraction of sp³-hybridized carbons (Fsp3) is 0.160. The van der Waals surface area contributed by atoms with Crippen molar-refractivity contribution in [2.24, 2.45) is 5.10 Å². The molecule has 0 aliphatic rings. The number of nitrogens with zero attached hydrogens (tertiary/aromatic N) is 1. The normalized spacial score (nSPS) is 10.5. The first-order chi connectivity index (χ1) is 16.1. The van der Waals surface area contributed by atoms with Gasteiger partial charge < -0.3 is 19.5 Å². The molecule has 3 aromatic rings. The van der Waals surface area contributed by atoms with E-state index in [4.69, 9.17) is 26.4 Å². The van der Waals surface area contributed by atoms with E-state index >= 15 is 0 Å². The Hall–Kier alpha value is -3.91. The van der Waals surface area contributed by atoms with Gasteiger partial charge in [0.2, 0.25) is 0 Å². The third kappa shape index (κ3) is 7.33. The Morgan fingerprint density at radius 2 is 1.79 bits per heavy atom. The van der Waals surface area contributed by atoms with Crippen LogP contribution in [0.1, 0.15) is 29.3 Å². The number of carbonyl (C=O) groups is 1. The van der Waals surface area contributed by atoms with E-state index < -0.39 is 5.97 Å². The molecule has 33 heavy (non-hydrogen) atoms. The maximum atomic E-state index is 12.5. The van der Waals surface area contributed by atoms with E-state index in [9.17, 15) is 4.79 Å². The monoisotopic (exact) mass is 463 g/mol. The van der Waals surface area contributed by atoms with Crippen LogP contribution in [0.3, 0.4) is 0 Å². The number of anilines is 1. The van der Waals surface area contributed by atoms with Gasteiger partial charge in [-0.2, -0.15) is 5.10 Å². The number of para-hydroxylation sites is 1. The maximum Gasteiger partial charge on any atom is 0.343 e. The number of carbonyl (C=O) groups excluding carboxylic acids is 1. The molecule has 0 saturated heterocycles. The van der Waals surface area contributed by atoms with Gasteiger partial charge in [-0.3, -0.25) is 5.43 Å². The molecule has 8 heteroatoms. The lowest BCUT2D eigenvalue weighted by Gasteiger charge is -2.10. The fourth-order valence-electron chi connectivity index (χ4n) is 2.76. The van der Waals surface area contributed by atoms with Gasteiger partial charge in [-0.15, -0.1) is 0 Å². The van der Waals surface area contributed by atoms with Crippen LogP contribution in [-0.2, 0) is 0 Å². The van der Waals surface area contributed by atoms with Crippen LogP contribution in [0, 0.1) is 0 Å². The average molecular weight is 464 g/mol. The second-order valence-corrected chi connectivity index (χ2v) is 7.27. The van der Waals surface area contributed by atoms with Crippen molar-refractivity contribution in [1.29, 1.82) is 0 Å². The zero-order valence-electron chi connectivity index (χ0n) is 18.4. The van der Waals surface area contributed by atoms with Crippen LogP contribution in [0.4, 0.5) is 5.69 Å². The Kier molecular flexibility index (Phi) is 8.79. The van der Waals surface area contributed by atoms with Gasteiger partial charge in [-0.25, -0.2) is 4.79 Å². The molecule has 0 heterocycles. The molecular weight excluding hydrogens is 438 g/mol. The van der Waals surface area contributed by atoms with Crippen molar-refractivity contribution in [3.05, 3.63) is 83.9 Å². The molecule has 0 aliphatic heterocycles. The molecule has 3 rings (SSSR count). The van der Waals surface area contributed by atoms with E-state index in [0.717, 1.165) is 17.7 Å². The minimum absolute atomic E-state index is 0.306. The number of ether oxygens (including phenoxy) is 3. The maximum absolute atomic E-state index is 12.5. The highest BCUT2D eigenvalue weighted by Gasteiger charge is 2.13. The lowest BCUT2D eigenvalue weighted by Crippen LogP contribution is -2.23. The molecule has 2 N–H and O–H groups in total. The third-order valence-corrected chi connectivity index (χ3v) is 4.56. The Morgan fingerprint density at radius 3 is 2.48 bits per heavy atom. The van der Waals surface area contributed by atoms with Crippen molar-refractivity contribution < 1.29 is 19.0 Å². The molecule has 0 atom stereocenters. The summed E-state index contributed by atoms with van der Waals surface area (Å²) in [5, 5.41) is 7.52. The van der Waals surface area contributed by atoms with Crippen LogP contribution in [0.5, 0.6) is 17.2 Å². The SMILES string of the molecule is CCCOc1ccc(C(=O)Oc2ccc(C=NNC(=S)Nc3ccccc3)cc2OC)cc1. The van der Waals surface area contributed by atoms with Gasteiger partial charge in [0.1, 0.15) is 5.75 Å². The molecule has 0 saturated carbocycles. The summed E-state index contributed by atoms with van der Waals surface area (Å²) in [6.45, 7) is 2.66. The summed E-state index contributed by atoms with van der Waals surface area (Å²) in [5.41, 5.74) is 4.77. The predicted molar refractivity (Wildman–Crippen MR) is 134 cm³/mol. The third-order valence-electron chi connectivity index (χ3n) is 4.36. The van der Waals surface area contributed by atoms with Gasteiger partial charge in [-0.1, -0.05) is 25.1 Å². The second-order valence-electron chi connectivity index (χ2n) is 6.86. The molecule has 0 amide bonds. The summed E-state index contributed by atoms with van der Waals surface area (Å²) in [4.78, 5) is 12.5. The minimum Gasteiger partial charge on any atom is -0.494 e. The Bertz CT molecular complexity index is 1100. The zero-order chi connectivity index (χ0) is 23.5. The number of hydrogen-bond acceptors (Lipinski definition) is 6. The van der Waals surface area contributed by atoms with E-state index in [-0.39, 0.29) is 0 Å². The van der Waals surface area contributed by atoms with Gasteiger partial charge in [0, 0.05) is 5.69 Å². The average Bonchev–Trinajstić information content (AvgIpc) is 2.84. The summed E-state index contributed by atoms with van der Waals surface area (Å²) in [7, 11) is 1.50. The molecule has 0 bridgehead atoms. The Morgan fingerprint density at radius 1 is 1.03 bits per heavy atom. The molecule has 0 unspecified atom stereocenters. The first kappa shape index (κ1) is 23.7. The van der Waals surface area contributed by atoms with Crippen molar-refractivity contribution >= 4 is 35.2 Å². The van der Waals surface area contributed by atoms with E-state index in [1.54, 1.807) is 48.7 Å². The summed E-state index contributed by atoms with van der Waals surface area (Å²) in [6.07, 6.45) is 2.50. The summed E-state index contributed by atoms with van der Waals surface area (Å²) in [5.74, 6) is 0.929. The standard InChI is InChI=1S/C25H25N3O4S/c1-3-15-31-21-12-10-19(11-13-21)24(29)32-22-14-9-18(16-23(22)30-2)17-26-28-25(33)27-20-7-5-4-6-8-20/h4-14,16-17H,3,15H2,1-2H3,(H2,27,28,33). The summed E-state index contributed by atoms with van der Waals surface area (Å²) < 4.78 is 16.4. The lowest BCUT2D eigenvalue weighted by atomic mass is 10.2. The fourth-order valence-corrected chi connectivity index (χ4v) is 2.93. The number of hydrazone groups is 1. The van der Waals surface area contributed by atoms with Gasteiger partial charge in [0.05, 0.1) is 25.5 Å². The minimum atomic E-state index is -0.490. The molecule has 0 radical (unpaired) electrons. The molecule has 0 aromatic heterocycles. The van der Waals surface area contributed by atoms with Crippen molar-refractivity contribution in [2.45, 2.75) is 13.3 Å². The number of nitrogens with one attached hydrogen (secondary N) is 2. The topological polar surface area (TPSA) is 81.2 Å². The highest BCUT2D eigenvalue weighted by molar-refractivity contribution is 7.80. The number of thiocarbonyl (C=S) groups is 1. The summed E-state index contributed by atoms with van der Waals surface area (Å²) in [6, 6.07) is 21.5. The predicted octanol–water partition coefficient (Wildman–Crippen LogP) is 5.02. The molecule has 0 aliphatic carbocycles. The molecular formula is C25H25N3O4S. The first-order valence-electron chi connectivity index (χ1n) is 10.4. The van der Waals surface area contributed by atoms with Gasteiger partial charge in [-0.05, 0) is 78.8 Å². The van der Waals surface area contributed by atoms with Crippen LogP contribution in [-0.4, -0.2) is 31.0 Å². The van der Waals surface area contributed by atoms with E-state index in [0.29, 0.717) is 34.5 Å². The number of rotatable bonds is 9. The van der Waals surface area contributed by atoms with Crippen LogP contribution in [0.15, 0.2) is 77.9 Å². The molecule has 3 aromatic carbocycles. The van der Waals surface area contributed by atoms with Gasteiger partial charge in [0.25, 0.3) is 0 Å². The summed E-state index contributed by atoms with van der Waals surface area (Å²) >= 11 is 5.22. The van der Waals surface area contributed by atoms with Crippen molar-refractivity contribution in [2.75, 3.05) is 19.0 Å². The molecule has 0 fully saturated rings. The van der Waals surface area contributed by atoms with E-state index in [1.165, 1.54) is 7.11 Å². The highest BCUT2D eigenvalue weighted by Crippen LogP contribution is 2.28. The van der Waals surface area contributed by atoms with Crippen molar-refractivity contribution in [3.63, 3.8) is 0 Å². The van der Waals surface area contributed by atoms with Crippen molar-refractivity contribution in [1.82, 2.24) is 5.43 Å². The van der Waals surface area contributed by atoms with Crippen LogP contribution >= 0.6 is 12.2 Å². The number of hydrogen-bond donors (Lipinski definition) is 2. The zero-order valence-corrected chi connectivity index (χ0v) is 19.2. The van der Waals surface area contributed by atoms with E-state index in [2.05, 4.69) is 15.8 Å². The Balaban J connectivity index is 1.59. The first-order valence-corrected chi connectivity index (χ1v) is 10.8. The van der Waals surface area contributed by atoms with Crippen LogP contribution < -0.4 is 25.0 Å². The number of esters is 1. The van der Waals surface area contributed by atoms with Crippen LogP contribution in [0.2, 0.25) is 0 Å². The molecule has 0 spiro atoms. The quantitative estimate of drug-likeness (QED) is 0.152. The largest absolute Gasteiger partial charge is 0.494 e.